The standard InChI is InChI=1S/C73H141NO5/c1-3-5-7-9-11-13-15-17-19-38-41-45-49-53-57-61-65-71(76)70(69-75)74-72(77)66-62-58-54-50-46-42-39-35-33-31-29-27-25-23-21-20-22-24-26-28-30-32-34-36-40-44-48-52-56-60-64-68-79-73(78)67-63-59-55-51-47-43-37-18-16-14-12-10-8-6-4-2/h22,24,28,30,70-71,75-76H,3-21,23,25-27,29,31-69H2,1-2H3,(H,74,77)/b24-22-,30-28-. The molecule has 0 rings (SSSR count). The van der Waals surface area contributed by atoms with Crippen LogP contribution in [0.1, 0.15) is 406 Å². The van der Waals surface area contributed by atoms with Crippen LogP contribution in [0, 0.1) is 0 Å². The number of rotatable bonds is 68. The summed E-state index contributed by atoms with van der Waals surface area (Å²) in [5.41, 5.74) is 0. The molecule has 1 amide bonds. The van der Waals surface area contributed by atoms with Gasteiger partial charge in [0.15, 0.2) is 0 Å². The van der Waals surface area contributed by atoms with E-state index in [0.29, 0.717) is 25.9 Å². The van der Waals surface area contributed by atoms with Gasteiger partial charge >= 0.3 is 5.97 Å². The van der Waals surface area contributed by atoms with Gasteiger partial charge in [-0.25, -0.2) is 0 Å². The maximum atomic E-state index is 12.5. The van der Waals surface area contributed by atoms with Gasteiger partial charge in [0.1, 0.15) is 0 Å². The van der Waals surface area contributed by atoms with Gasteiger partial charge in [-0.1, -0.05) is 359 Å². The minimum Gasteiger partial charge on any atom is -0.466 e. The third kappa shape index (κ3) is 65.4. The lowest BCUT2D eigenvalue weighted by Crippen LogP contribution is -2.45. The van der Waals surface area contributed by atoms with Crippen LogP contribution in [0.3, 0.4) is 0 Å². The van der Waals surface area contributed by atoms with Gasteiger partial charge in [-0.3, -0.25) is 9.59 Å². The second-order valence-electron chi connectivity index (χ2n) is 24.9. The summed E-state index contributed by atoms with van der Waals surface area (Å²) in [4.78, 5) is 24.6. The highest BCUT2D eigenvalue weighted by molar-refractivity contribution is 5.76. The number of allylic oxidation sites excluding steroid dienone is 4. The fourth-order valence-corrected chi connectivity index (χ4v) is 11.5. The first-order valence-electron chi connectivity index (χ1n) is 36.1. The molecule has 0 radical (unpaired) electrons. The zero-order chi connectivity index (χ0) is 57.1. The van der Waals surface area contributed by atoms with E-state index in [4.69, 9.17) is 4.74 Å². The Morgan fingerprint density at radius 1 is 0.354 bits per heavy atom. The molecule has 0 fully saturated rings. The van der Waals surface area contributed by atoms with Gasteiger partial charge in [-0.05, 0) is 57.8 Å². The number of aliphatic hydroxyl groups excluding tert-OH is 2. The van der Waals surface area contributed by atoms with Crippen LogP contribution < -0.4 is 5.32 Å². The van der Waals surface area contributed by atoms with Crippen LogP contribution in [0.25, 0.3) is 0 Å². The Morgan fingerprint density at radius 2 is 0.633 bits per heavy atom. The van der Waals surface area contributed by atoms with Crippen LogP contribution in [-0.4, -0.2) is 47.4 Å². The summed E-state index contributed by atoms with van der Waals surface area (Å²) < 4.78 is 5.50. The molecule has 0 saturated heterocycles. The normalized spacial score (nSPS) is 12.6. The quantitative estimate of drug-likeness (QED) is 0.0320. The Hall–Kier alpha value is -1.66. The molecular weight excluding hydrogens is 971 g/mol. The molecule has 0 heterocycles. The molecule has 2 atom stereocenters. The van der Waals surface area contributed by atoms with Crippen molar-refractivity contribution in [1.82, 2.24) is 5.32 Å². The summed E-state index contributed by atoms with van der Waals surface area (Å²) >= 11 is 0. The van der Waals surface area contributed by atoms with E-state index in [1.807, 2.05) is 0 Å². The Bertz CT molecular complexity index is 1230. The van der Waals surface area contributed by atoms with Crippen LogP contribution in [0.15, 0.2) is 24.3 Å². The second-order valence-corrected chi connectivity index (χ2v) is 24.9. The fraction of sp³-hybridized carbons (Fsp3) is 0.918. The molecular formula is C73H141NO5. The van der Waals surface area contributed by atoms with E-state index >= 15 is 0 Å². The molecule has 0 aliphatic rings. The number of hydrogen-bond donors (Lipinski definition) is 3. The average Bonchev–Trinajstić information content (AvgIpc) is 3.45. The SMILES string of the molecule is CCCCCCCCCCCCCCCCCCC(O)C(CO)NC(=O)CCCCCCCCCCCCCCCCC/C=C\C/C=C\CCCCCCCCCCCOC(=O)CCCCCCCCCCCCCCCCC. The third-order valence-corrected chi connectivity index (χ3v) is 17.0. The zero-order valence-electron chi connectivity index (χ0n) is 53.6. The van der Waals surface area contributed by atoms with Crippen LogP contribution >= 0.6 is 0 Å². The molecule has 79 heavy (non-hydrogen) atoms. The molecule has 0 aromatic rings. The number of carbonyl (C=O) groups is 2. The van der Waals surface area contributed by atoms with Crippen LogP contribution in [-0.2, 0) is 14.3 Å². The summed E-state index contributed by atoms with van der Waals surface area (Å²) in [5.74, 6) is -0.0142. The van der Waals surface area contributed by atoms with E-state index < -0.39 is 12.1 Å². The highest BCUT2D eigenvalue weighted by atomic mass is 16.5. The van der Waals surface area contributed by atoms with Gasteiger partial charge in [0.2, 0.25) is 5.91 Å². The van der Waals surface area contributed by atoms with Crippen molar-refractivity contribution in [3.8, 4) is 0 Å². The van der Waals surface area contributed by atoms with E-state index in [2.05, 4.69) is 43.5 Å². The molecule has 0 saturated carbocycles. The molecule has 0 bridgehead atoms. The van der Waals surface area contributed by atoms with Crippen LogP contribution in [0.2, 0.25) is 0 Å². The summed E-state index contributed by atoms with van der Waals surface area (Å²) in [6.07, 6.45) is 86.6. The highest BCUT2D eigenvalue weighted by Crippen LogP contribution is 2.19. The Morgan fingerprint density at radius 3 is 0.962 bits per heavy atom. The predicted octanol–water partition coefficient (Wildman–Crippen LogP) is 23.3. The maximum absolute atomic E-state index is 12.5. The summed E-state index contributed by atoms with van der Waals surface area (Å²) in [6, 6.07) is -0.541. The Kier molecular flexibility index (Phi) is 67.4. The zero-order valence-corrected chi connectivity index (χ0v) is 53.6. The number of amides is 1. The van der Waals surface area contributed by atoms with Crippen molar-refractivity contribution < 1.29 is 24.5 Å². The lowest BCUT2D eigenvalue weighted by molar-refractivity contribution is -0.143. The highest BCUT2D eigenvalue weighted by Gasteiger charge is 2.20. The first-order valence-corrected chi connectivity index (χ1v) is 36.1. The summed E-state index contributed by atoms with van der Waals surface area (Å²) in [6.45, 7) is 4.99. The minimum absolute atomic E-state index is 0.0168. The summed E-state index contributed by atoms with van der Waals surface area (Å²) in [7, 11) is 0. The smallest absolute Gasteiger partial charge is 0.305 e. The average molecular weight is 1110 g/mol. The van der Waals surface area contributed by atoms with Crippen molar-refractivity contribution in [2.24, 2.45) is 0 Å². The molecule has 468 valence electrons. The van der Waals surface area contributed by atoms with Gasteiger partial charge in [-0.15, -0.1) is 0 Å². The van der Waals surface area contributed by atoms with Gasteiger partial charge < -0.3 is 20.3 Å². The Labute approximate surface area is 494 Å². The van der Waals surface area contributed by atoms with E-state index in [0.717, 1.165) is 44.9 Å². The minimum atomic E-state index is -0.664. The van der Waals surface area contributed by atoms with E-state index in [9.17, 15) is 19.8 Å². The van der Waals surface area contributed by atoms with Crippen LogP contribution in [0.4, 0.5) is 0 Å². The van der Waals surface area contributed by atoms with E-state index in [1.54, 1.807) is 0 Å². The molecule has 0 aromatic carbocycles. The van der Waals surface area contributed by atoms with Crippen molar-refractivity contribution in [1.29, 1.82) is 0 Å². The molecule has 3 N–H and O–H groups in total. The third-order valence-electron chi connectivity index (χ3n) is 17.0. The van der Waals surface area contributed by atoms with Crippen molar-refractivity contribution in [3.05, 3.63) is 24.3 Å². The summed E-state index contributed by atoms with van der Waals surface area (Å²) in [5, 5.41) is 23.4. The molecule has 0 spiro atoms. The number of nitrogens with one attached hydrogen (secondary N) is 1. The van der Waals surface area contributed by atoms with E-state index in [-0.39, 0.29) is 18.5 Å². The van der Waals surface area contributed by atoms with Crippen molar-refractivity contribution in [2.45, 2.75) is 418 Å². The van der Waals surface area contributed by atoms with E-state index in [1.165, 1.54) is 327 Å². The van der Waals surface area contributed by atoms with Gasteiger partial charge in [0.25, 0.3) is 0 Å². The van der Waals surface area contributed by atoms with Gasteiger partial charge in [-0.2, -0.15) is 0 Å². The second kappa shape index (κ2) is 68.8. The monoisotopic (exact) mass is 1110 g/mol. The van der Waals surface area contributed by atoms with Crippen molar-refractivity contribution in [2.75, 3.05) is 13.2 Å². The molecule has 6 nitrogen and oxygen atoms in total. The number of ether oxygens (including phenoxy) is 1. The maximum Gasteiger partial charge on any atom is 0.305 e. The first-order chi connectivity index (χ1) is 39.0. The molecule has 0 aliphatic carbocycles. The van der Waals surface area contributed by atoms with Crippen LogP contribution in [0.5, 0.6) is 0 Å². The lowest BCUT2D eigenvalue weighted by Gasteiger charge is -2.22. The molecule has 0 aliphatic heterocycles. The lowest BCUT2D eigenvalue weighted by atomic mass is 10.0. The first kappa shape index (κ1) is 77.3. The number of aliphatic hydroxyl groups is 2. The number of hydrogen-bond acceptors (Lipinski definition) is 5. The number of esters is 1. The molecule has 0 aromatic heterocycles. The number of unbranched alkanes of at least 4 members (excludes halogenated alkanes) is 53. The van der Waals surface area contributed by atoms with Crippen molar-refractivity contribution in [3.63, 3.8) is 0 Å². The fourth-order valence-electron chi connectivity index (χ4n) is 11.5. The largest absolute Gasteiger partial charge is 0.466 e. The molecule has 6 heteroatoms. The molecule has 2 unspecified atom stereocenters. The van der Waals surface area contributed by atoms with Gasteiger partial charge in [0.05, 0.1) is 25.4 Å². The topological polar surface area (TPSA) is 95.9 Å². The predicted molar refractivity (Wildman–Crippen MR) is 347 cm³/mol. The van der Waals surface area contributed by atoms with Crippen molar-refractivity contribution >= 4 is 11.9 Å². The number of carbonyl (C=O) groups excluding carboxylic acids is 2. The van der Waals surface area contributed by atoms with Gasteiger partial charge in [0, 0.05) is 12.8 Å². The Balaban J connectivity index is 3.38.